The van der Waals surface area contributed by atoms with Crippen molar-refractivity contribution >= 4 is 28.7 Å². The smallest absolute Gasteiger partial charge is 0.433 e. The predicted octanol–water partition coefficient (Wildman–Crippen LogP) is 3.11. The molecular weight excluding hydrogens is 415 g/mol. The largest absolute Gasteiger partial charge is 0.454 e. The normalized spacial score (nSPS) is 11.5. The highest BCUT2D eigenvalue weighted by molar-refractivity contribution is 5.84. The monoisotopic (exact) mass is 429 g/mol. The Bertz CT molecular complexity index is 1330. The van der Waals surface area contributed by atoms with Crippen LogP contribution in [-0.2, 0) is 20.3 Å². The van der Waals surface area contributed by atoms with Gasteiger partial charge in [-0.1, -0.05) is 0 Å². The Morgan fingerprint density at radius 2 is 2.00 bits per heavy atom. The van der Waals surface area contributed by atoms with Crippen LogP contribution < -0.4 is 15.8 Å². The van der Waals surface area contributed by atoms with Gasteiger partial charge in [0.2, 0.25) is 5.95 Å². The fraction of sp³-hybridized carbons (Fsp3) is 0.167. The molecule has 0 aliphatic rings. The molecule has 0 amide bonds. The minimum absolute atomic E-state index is 0.0597. The number of nitrogens with zero attached hydrogens (tertiary/aromatic N) is 7. The molecule has 0 bridgehead atoms. The molecule has 4 rings (SSSR count). The molecule has 158 valence electrons. The number of hydrogen-bond donors (Lipinski definition) is 2. The highest BCUT2D eigenvalue weighted by atomic mass is 19.4. The lowest BCUT2D eigenvalue weighted by Crippen LogP contribution is -2.11. The van der Waals surface area contributed by atoms with E-state index >= 15 is 0 Å². The fourth-order valence-electron chi connectivity index (χ4n) is 2.98. The Hall–Kier alpha value is -4.34. The van der Waals surface area contributed by atoms with Crippen LogP contribution in [-0.4, -0.2) is 29.3 Å². The van der Waals surface area contributed by atoms with Gasteiger partial charge in [0.15, 0.2) is 17.2 Å². The molecule has 0 unspecified atom stereocenters. The van der Waals surface area contributed by atoms with Crippen LogP contribution in [0.3, 0.4) is 0 Å². The van der Waals surface area contributed by atoms with Crippen LogP contribution in [0.2, 0.25) is 0 Å². The summed E-state index contributed by atoms with van der Waals surface area (Å²) < 4.78 is 47.0. The number of halogens is 3. The van der Waals surface area contributed by atoms with Gasteiger partial charge in [0.1, 0.15) is 34.4 Å². The van der Waals surface area contributed by atoms with Crippen molar-refractivity contribution in [2.45, 2.75) is 6.18 Å². The van der Waals surface area contributed by atoms with E-state index in [-0.39, 0.29) is 34.5 Å². The van der Waals surface area contributed by atoms with Crippen LogP contribution in [0.25, 0.3) is 11.2 Å². The van der Waals surface area contributed by atoms with E-state index < -0.39 is 11.9 Å². The number of anilines is 3. The van der Waals surface area contributed by atoms with Crippen molar-refractivity contribution in [2.75, 3.05) is 11.1 Å². The molecule has 0 aliphatic heterocycles. The zero-order valence-electron chi connectivity index (χ0n) is 16.1. The number of ether oxygens (including phenoxy) is 1. The first-order valence-corrected chi connectivity index (χ1v) is 8.70. The second kappa shape index (κ2) is 7.17. The van der Waals surface area contributed by atoms with Gasteiger partial charge in [0.25, 0.3) is 0 Å². The quantitative estimate of drug-likeness (QED) is 0.506. The number of aryl methyl sites for hydroxylation is 2. The molecule has 4 heterocycles. The van der Waals surface area contributed by atoms with Gasteiger partial charge in [0.05, 0.1) is 6.20 Å². The number of imidazole rings is 1. The van der Waals surface area contributed by atoms with Crippen LogP contribution in [0.5, 0.6) is 11.5 Å². The van der Waals surface area contributed by atoms with Crippen molar-refractivity contribution in [3.63, 3.8) is 0 Å². The molecule has 0 aromatic carbocycles. The highest BCUT2D eigenvalue weighted by Gasteiger charge is 2.35. The second-order valence-corrected chi connectivity index (χ2v) is 6.46. The van der Waals surface area contributed by atoms with E-state index in [4.69, 9.17) is 10.5 Å². The topological polar surface area (TPSA) is 132 Å². The molecule has 0 fully saturated rings. The highest BCUT2D eigenvalue weighted by Crippen LogP contribution is 2.33. The van der Waals surface area contributed by atoms with Gasteiger partial charge in [-0.25, -0.2) is 9.97 Å². The number of nitrogen functional groups attached to an aromatic ring is 1. The molecule has 4 aromatic heterocycles. The molecule has 13 heteroatoms. The van der Waals surface area contributed by atoms with E-state index in [1.54, 1.807) is 13.1 Å². The average Bonchev–Trinajstić information content (AvgIpc) is 3.22. The van der Waals surface area contributed by atoms with E-state index in [0.29, 0.717) is 11.3 Å². The number of nitrogens with one attached hydrogen (secondary N) is 1. The summed E-state index contributed by atoms with van der Waals surface area (Å²) in [6, 6.07) is 5.97. The standard InChI is InChI=1S/C18H14F3N9O/c1-29-15-10(7-22)11(31-9-3-4-24-13(23)5-9)8-25-16(15)27-17(29)26-14-6-12(18(19,20)21)30(2)28-14/h3-6,8H,1-2H3,(H2,23,24)(H,25,26,27,28). The number of rotatable bonds is 4. The van der Waals surface area contributed by atoms with Crippen LogP contribution >= 0.6 is 0 Å². The zero-order chi connectivity index (χ0) is 22.3. The van der Waals surface area contributed by atoms with Gasteiger partial charge in [-0.05, 0) is 6.07 Å². The van der Waals surface area contributed by atoms with Crippen LogP contribution in [0.15, 0.2) is 30.6 Å². The molecule has 3 N–H and O–H groups in total. The SMILES string of the molecule is Cn1nc(Nc2nc3ncc(Oc4ccnc(N)c4)c(C#N)c3n2C)cc1C(F)(F)F. The van der Waals surface area contributed by atoms with Gasteiger partial charge in [-0.15, -0.1) is 0 Å². The van der Waals surface area contributed by atoms with Crippen molar-refractivity contribution < 1.29 is 17.9 Å². The molecule has 4 aromatic rings. The number of nitrogens with two attached hydrogens (primary N) is 1. The first kappa shape index (κ1) is 20.0. The summed E-state index contributed by atoms with van der Waals surface area (Å²) in [6.45, 7) is 0. The summed E-state index contributed by atoms with van der Waals surface area (Å²) in [5, 5.41) is 16.2. The summed E-state index contributed by atoms with van der Waals surface area (Å²) in [5.41, 5.74) is 5.39. The maximum absolute atomic E-state index is 13.0. The van der Waals surface area contributed by atoms with E-state index in [1.807, 2.05) is 0 Å². The number of aromatic nitrogens is 6. The summed E-state index contributed by atoms with van der Waals surface area (Å²) in [5.74, 6) is 0.850. The number of fused-ring (bicyclic) bond motifs is 1. The molecule has 31 heavy (non-hydrogen) atoms. The van der Waals surface area contributed by atoms with Crippen molar-refractivity contribution in [3.05, 3.63) is 41.9 Å². The lowest BCUT2D eigenvalue weighted by molar-refractivity contribution is -0.143. The average molecular weight is 429 g/mol. The minimum atomic E-state index is -4.55. The van der Waals surface area contributed by atoms with Crippen molar-refractivity contribution in [1.29, 1.82) is 5.26 Å². The number of pyridine rings is 2. The van der Waals surface area contributed by atoms with Crippen molar-refractivity contribution in [3.8, 4) is 17.6 Å². The Morgan fingerprint density at radius 3 is 2.65 bits per heavy atom. The van der Waals surface area contributed by atoms with Crippen molar-refractivity contribution in [2.24, 2.45) is 14.1 Å². The molecule has 0 atom stereocenters. The molecule has 0 saturated heterocycles. The first-order chi connectivity index (χ1) is 14.7. The van der Waals surface area contributed by atoms with Gasteiger partial charge < -0.3 is 20.4 Å². The third-order valence-electron chi connectivity index (χ3n) is 4.37. The van der Waals surface area contributed by atoms with Crippen LogP contribution in [0.1, 0.15) is 11.3 Å². The van der Waals surface area contributed by atoms with E-state index in [1.165, 1.54) is 30.1 Å². The number of nitriles is 1. The van der Waals surface area contributed by atoms with Gasteiger partial charge in [-0.3, -0.25) is 4.68 Å². The summed E-state index contributed by atoms with van der Waals surface area (Å²) >= 11 is 0. The zero-order valence-corrected chi connectivity index (χ0v) is 16.1. The first-order valence-electron chi connectivity index (χ1n) is 8.70. The third kappa shape index (κ3) is 3.66. The Morgan fingerprint density at radius 1 is 1.23 bits per heavy atom. The number of hydrogen-bond acceptors (Lipinski definition) is 8. The predicted molar refractivity (Wildman–Crippen MR) is 103 cm³/mol. The van der Waals surface area contributed by atoms with Crippen LogP contribution in [0, 0.1) is 11.3 Å². The van der Waals surface area contributed by atoms with E-state index in [9.17, 15) is 18.4 Å². The summed E-state index contributed by atoms with van der Waals surface area (Å²) in [4.78, 5) is 12.3. The second-order valence-electron chi connectivity index (χ2n) is 6.46. The third-order valence-corrected chi connectivity index (χ3v) is 4.37. The van der Waals surface area contributed by atoms with E-state index in [0.717, 1.165) is 10.7 Å². The Kier molecular flexibility index (Phi) is 4.61. The lowest BCUT2D eigenvalue weighted by Gasteiger charge is -2.08. The molecule has 0 saturated carbocycles. The Labute approximate surface area is 172 Å². The molecule has 0 radical (unpaired) electrons. The summed E-state index contributed by atoms with van der Waals surface area (Å²) in [6.07, 6.45) is -1.76. The van der Waals surface area contributed by atoms with Gasteiger partial charge in [0, 0.05) is 32.4 Å². The summed E-state index contributed by atoms with van der Waals surface area (Å²) in [7, 11) is 2.77. The van der Waals surface area contributed by atoms with Crippen molar-refractivity contribution in [1.82, 2.24) is 29.3 Å². The fourth-order valence-corrected chi connectivity index (χ4v) is 2.98. The van der Waals surface area contributed by atoms with Gasteiger partial charge in [-0.2, -0.15) is 28.5 Å². The molecule has 0 aliphatic carbocycles. The maximum atomic E-state index is 13.0. The molecule has 0 spiro atoms. The molecular formula is C18H14F3N9O. The lowest BCUT2D eigenvalue weighted by atomic mass is 10.2. The van der Waals surface area contributed by atoms with E-state index in [2.05, 4.69) is 31.4 Å². The Balaban J connectivity index is 1.73. The maximum Gasteiger partial charge on any atom is 0.433 e. The minimum Gasteiger partial charge on any atom is -0.454 e. The number of alkyl halides is 3. The van der Waals surface area contributed by atoms with Crippen LogP contribution in [0.4, 0.5) is 30.8 Å². The van der Waals surface area contributed by atoms with Gasteiger partial charge >= 0.3 is 6.18 Å². The molecule has 10 nitrogen and oxygen atoms in total.